The highest BCUT2D eigenvalue weighted by Gasteiger charge is 2.03. The minimum atomic E-state index is 0. The van der Waals surface area contributed by atoms with E-state index in [0.717, 1.165) is 11.4 Å². The van der Waals surface area contributed by atoms with Gasteiger partial charge in [-0.25, -0.2) is 9.67 Å². The number of nitrogens with zero attached hydrogens (tertiary/aromatic N) is 3. The third-order valence-corrected chi connectivity index (χ3v) is 2.02. The zero-order valence-corrected chi connectivity index (χ0v) is 8.87. The molecule has 0 radical (unpaired) electrons. The Morgan fingerprint density at radius 1 is 1.29 bits per heavy atom. The molecule has 0 spiro atoms. The summed E-state index contributed by atoms with van der Waals surface area (Å²) in [5, 5.41) is 4.09. The van der Waals surface area contributed by atoms with Gasteiger partial charge in [0.05, 0.1) is 5.88 Å². The number of alkyl halides is 1. The van der Waals surface area contributed by atoms with Crippen LogP contribution in [0.25, 0.3) is 5.82 Å². The van der Waals surface area contributed by atoms with Crippen molar-refractivity contribution in [3.05, 3.63) is 42.4 Å². The van der Waals surface area contributed by atoms with Crippen LogP contribution in [-0.2, 0) is 5.88 Å². The molecule has 0 aliphatic carbocycles. The molecular formula is C9H9Cl2N3. The summed E-state index contributed by atoms with van der Waals surface area (Å²) in [6.45, 7) is 0. The predicted octanol–water partition coefficient (Wildman–Crippen LogP) is 2.43. The van der Waals surface area contributed by atoms with Crippen LogP contribution < -0.4 is 0 Å². The third-order valence-electron chi connectivity index (χ3n) is 1.73. The maximum Gasteiger partial charge on any atom is 0.157 e. The first kappa shape index (κ1) is 11.0. The molecule has 0 bridgehead atoms. The van der Waals surface area contributed by atoms with Crippen LogP contribution in [0.4, 0.5) is 0 Å². The van der Waals surface area contributed by atoms with Crippen molar-refractivity contribution >= 4 is 24.0 Å². The van der Waals surface area contributed by atoms with E-state index in [2.05, 4.69) is 10.1 Å². The Labute approximate surface area is 93.1 Å². The number of aromatic nitrogens is 3. The van der Waals surface area contributed by atoms with Gasteiger partial charge in [-0.1, -0.05) is 6.07 Å². The lowest BCUT2D eigenvalue weighted by Gasteiger charge is -2.04. The van der Waals surface area contributed by atoms with Crippen LogP contribution in [0.1, 0.15) is 5.56 Å². The van der Waals surface area contributed by atoms with Gasteiger partial charge in [0.25, 0.3) is 0 Å². The van der Waals surface area contributed by atoms with Crippen LogP contribution in [0.2, 0.25) is 0 Å². The van der Waals surface area contributed by atoms with Crippen molar-refractivity contribution in [2.24, 2.45) is 0 Å². The van der Waals surface area contributed by atoms with Crippen LogP contribution in [0.15, 0.2) is 36.8 Å². The Balaban J connectivity index is 0.000000980. The van der Waals surface area contributed by atoms with Gasteiger partial charge in [-0.15, -0.1) is 24.0 Å². The van der Waals surface area contributed by atoms with E-state index in [0.29, 0.717) is 5.88 Å². The molecule has 0 fully saturated rings. The molecule has 5 heteroatoms. The van der Waals surface area contributed by atoms with E-state index in [1.54, 1.807) is 17.1 Å². The molecule has 0 saturated carbocycles. The number of halogens is 2. The molecule has 0 aliphatic rings. The number of hydrogen-bond donors (Lipinski definition) is 0. The fourth-order valence-electron chi connectivity index (χ4n) is 1.13. The van der Waals surface area contributed by atoms with Crippen LogP contribution in [-0.4, -0.2) is 14.8 Å². The van der Waals surface area contributed by atoms with E-state index in [4.69, 9.17) is 11.6 Å². The zero-order chi connectivity index (χ0) is 9.10. The Bertz CT molecular complexity index is 387. The fraction of sp³-hybridized carbons (Fsp3) is 0.111. The van der Waals surface area contributed by atoms with Gasteiger partial charge < -0.3 is 0 Å². The quantitative estimate of drug-likeness (QED) is 0.741. The molecular weight excluding hydrogens is 221 g/mol. The third kappa shape index (κ3) is 2.05. The van der Waals surface area contributed by atoms with Crippen molar-refractivity contribution in [3.63, 3.8) is 0 Å². The number of hydrogen-bond acceptors (Lipinski definition) is 2. The van der Waals surface area contributed by atoms with Crippen molar-refractivity contribution in [2.75, 3.05) is 0 Å². The van der Waals surface area contributed by atoms with Gasteiger partial charge in [-0.2, -0.15) is 5.10 Å². The first-order chi connectivity index (χ1) is 6.42. The second kappa shape index (κ2) is 4.98. The lowest BCUT2D eigenvalue weighted by atomic mass is 10.3. The summed E-state index contributed by atoms with van der Waals surface area (Å²) in [5.41, 5.74) is 0.980. The lowest BCUT2D eigenvalue weighted by molar-refractivity contribution is 0.836. The normalized spacial score (nSPS) is 9.50. The van der Waals surface area contributed by atoms with Crippen LogP contribution in [0, 0.1) is 0 Å². The average molecular weight is 230 g/mol. The number of pyridine rings is 1. The van der Waals surface area contributed by atoms with Gasteiger partial charge in [0, 0.05) is 24.2 Å². The molecule has 0 aromatic carbocycles. The fourth-order valence-corrected chi connectivity index (χ4v) is 1.34. The largest absolute Gasteiger partial charge is 0.237 e. The van der Waals surface area contributed by atoms with Crippen molar-refractivity contribution in [1.82, 2.24) is 14.8 Å². The highest BCUT2D eigenvalue weighted by atomic mass is 35.5. The minimum absolute atomic E-state index is 0. The van der Waals surface area contributed by atoms with E-state index in [9.17, 15) is 0 Å². The topological polar surface area (TPSA) is 30.7 Å². The van der Waals surface area contributed by atoms with Gasteiger partial charge in [-0.3, -0.25) is 0 Å². The molecule has 2 aromatic heterocycles. The lowest BCUT2D eigenvalue weighted by Crippen LogP contribution is -2.01. The van der Waals surface area contributed by atoms with Crippen LogP contribution in [0.5, 0.6) is 0 Å². The zero-order valence-electron chi connectivity index (χ0n) is 7.30. The summed E-state index contributed by atoms with van der Waals surface area (Å²) in [6.07, 6.45) is 5.29. The summed E-state index contributed by atoms with van der Waals surface area (Å²) < 4.78 is 1.71. The van der Waals surface area contributed by atoms with Crippen molar-refractivity contribution < 1.29 is 0 Å². The van der Waals surface area contributed by atoms with Crippen molar-refractivity contribution in [2.45, 2.75) is 5.88 Å². The molecule has 0 atom stereocenters. The maximum atomic E-state index is 5.77. The molecule has 0 N–H and O–H groups in total. The molecule has 0 amide bonds. The summed E-state index contributed by atoms with van der Waals surface area (Å²) in [5.74, 6) is 1.24. The smallest absolute Gasteiger partial charge is 0.157 e. The molecule has 14 heavy (non-hydrogen) atoms. The molecule has 2 aromatic rings. The van der Waals surface area contributed by atoms with Gasteiger partial charge in [0.1, 0.15) is 0 Å². The Morgan fingerprint density at radius 2 is 2.14 bits per heavy atom. The SMILES string of the molecule is Cl.ClCc1cccnc1-n1cccn1. The van der Waals surface area contributed by atoms with Gasteiger partial charge in [-0.05, 0) is 12.1 Å². The van der Waals surface area contributed by atoms with E-state index in [1.807, 2.05) is 24.4 Å². The van der Waals surface area contributed by atoms with Crippen LogP contribution >= 0.6 is 24.0 Å². The standard InChI is InChI=1S/C9H8ClN3.ClH/c10-7-8-3-1-4-11-9(8)13-6-2-5-12-13;/h1-6H,7H2;1H. The van der Waals surface area contributed by atoms with Gasteiger partial charge in [0.2, 0.25) is 0 Å². The molecule has 74 valence electrons. The molecule has 3 nitrogen and oxygen atoms in total. The minimum Gasteiger partial charge on any atom is -0.237 e. The molecule has 0 unspecified atom stereocenters. The number of rotatable bonds is 2. The monoisotopic (exact) mass is 229 g/mol. The Morgan fingerprint density at radius 3 is 2.79 bits per heavy atom. The molecule has 0 aliphatic heterocycles. The molecule has 0 saturated heterocycles. The van der Waals surface area contributed by atoms with Crippen molar-refractivity contribution in [3.8, 4) is 5.82 Å². The summed E-state index contributed by atoms with van der Waals surface area (Å²) in [4.78, 5) is 4.21. The predicted molar refractivity (Wildman–Crippen MR) is 58.2 cm³/mol. The second-order valence-electron chi connectivity index (χ2n) is 2.57. The first-order valence-electron chi connectivity index (χ1n) is 3.91. The average Bonchev–Trinajstić information content (AvgIpc) is 2.70. The van der Waals surface area contributed by atoms with E-state index < -0.39 is 0 Å². The van der Waals surface area contributed by atoms with Gasteiger partial charge in [0.15, 0.2) is 5.82 Å². The van der Waals surface area contributed by atoms with E-state index >= 15 is 0 Å². The van der Waals surface area contributed by atoms with Gasteiger partial charge >= 0.3 is 0 Å². The first-order valence-corrected chi connectivity index (χ1v) is 4.45. The highest BCUT2D eigenvalue weighted by molar-refractivity contribution is 6.17. The maximum absolute atomic E-state index is 5.77. The summed E-state index contributed by atoms with van der Waals surface area (Å²) in [7, 11) is 0. The molecule has 2 rings (SSSR count). The molecule has 2 heterocycles. The van der Waals surface area contributed by atoms with E-state index in [1.165, 1.54) is 0 Å². The highest BCUT2D eigenvalue weighted by Crippen LogP contribution is 2.11. The Hall–Kier alpha value is -1.06. The van der Waals surface area contributed by atoms with Crippen LogP contribution in [0.3, 0.4) is 0 Å². The summed E-state index contributed by atoms with van der Waals surface area (Å²) >= 11 is 5.77. The Kier molecular flexibility index (Phi) is 3.92. The summed E-state index contributed by atoms with van der Waals surface area (Å²) in [6, 6.07) is 5.66. The van der Waals surface area contributed by atoms with E-state index in [-0.39, 0.29) is 12.4 Å². The van der Waals surface area contributed by atoms with Crippen molar-refractivity contribution in [1.29, 1.82) is 0 Å². The second-order valence-corrected chi connectivity index (χ2v) is 2.84.